The Balaban J connectivity index is 1.67. The van der Waals surface area contributed by atoms with E-state index in [-0.39, 0.29) is 18.0 Å². The van der Waals surface area contributed by atoms with E-state index in [2.05, 4.69) is 10.6 Å². The van der Waals surface area contributed by atoms with Crippen LogP contribution in [0.5, 0.6) is 0 Å². The first-order chi connectivity index (χ1) is 8.65. The van der Waals surface area contributed by atoms with Crippen LogP contribution in [0.2, 0.25) is 0 Å². The zero-order valence-electron chi connectivity index (χ0n) is 10.7. The molecular formula is C13H22N2O3. The second-order valence-corrected chi connectivity index (χ2v) is 5.49. The molecule has 2 aliphatic rings. The van der Waals surface area contributed by atoms with E-state index < -0.39 is 5.97 Å². The number of carbonyl (C=O) groups is 2. The van der Waals surface area contributed by atoms with Gasteiger partial charge in [0.05, 0.1) is 5.92 Å². The van der Waals surface area contributed by atoms with Crippen molar-refractivity contribution in [1.29, 1.82) is 0 Å². The van der Waals surface area contributed by atoms with Gasteiger partial charge in [-0.2, -0.15) is 0 Å². The third kappa shape index (κ3) is 3.62. The quantitative estimate of drug-likeness (QED) is 0.719. The third-order valence-corrected chi connectivity index (χ3v) is 4.10. The van der Waals surface area contributed by atoms with E-state index in [1.165, 1.54) is 12.8 Å². The van der Waals surface area contributed by atoms with Crippen LogP contribution in [0.1, 0.15) is 51.4 Å². The van der Waals surface area contributed by atoms with Crippen LogP contribution in [0, 0.1) is 5.92 Å². The molecule has 0 aliphatic heterocycles. The van der Waals surface area contributed by atoms with Gasteiger partial charge in [-0.3, -0.25) is 4.79 Å². The highest BCUT2D eigenvalue weighted by Crippen LogP contribution is 2.24. The smallest absolute Gasteiger partial charge is 0.315 e. The molecule has 0 aromatic rings. The Kier molecular flexibility index (Phi) is 4.44. The Morgan fingerprint density at radius 2 is 1.33 bits per heavy atom. The molecule has 0 aromatic heterocycles. The number of hydrogen-bond donors (Lipinski definition) is 3. The largest absolute Gasteiger partial charge is 0.481 e. The van der Waals surface area contributed by atoms with E-state index in [1.54, 1.807) is 0 Å². The highest BCUT2D eigenvalue weighted by atomic mass is 16.4. The number of carbonyl (C=O) groups excluding carboxylic acids is 1. The van der Waals surface area contributed by atoms with Crippen LogP contribution in [0.15, 0.2) is 0 Å². The van der Waals surface area contributed by atoms with E-state index >= 15 is 0 Å². The number of nitrogens with one attached hydrogen (secondary N) is 2. The highest BCUT2D eigenvalue weighted by molar-refractivity contribution is 5.74. The Bertz CT molecular complexity index is 305. The summed E-state index contributed by atoms with van der Waals surface area (Å²) in [5, 5.41) is 14.9. The van der Waals surface area contributed by atoms with Gasteiger partial charge < -0.3 is 15.7 Å². The number of hydrogen-bond acceptors (Lipinski definition) is 2. The number of aliphatic carboxylic acids is 1. The fourth-order valence-electron chi connectivity index (χ4n) is 2.97. The van der Waals surface area contributed by atoms with Gasteiger partial charge in [0.2, 0.25) is 0 Å². The van der Waals surface area contributed by atoms with Gasteiger partial charge in [-0.15, -0.1) is 0 Å². The van der Waals surface area contributed by atoms with Crippen molar-refractivity contribution in [3.8, 4) is 0 Å². The van der Waals surface area contributed by atoms with E-state index in [4.69, 9.17) is 5.11 Å². The lowest BCUT2D eigenvalue weighted by atomic mass is 9.86. The first kappa shape index (κ1) is 13.2. The van der Waals surface area contributed by atoms with Crippen molar-refractivity contribution >= 4 is 12.0 Å². The molecular weight excluding hydrogens is 232 g/mol. The molecule has 2 rings (SSSR count). The summed E-state index contributed by atoms with van der Waals surface area (Å²) in [4.78, 5) is 22.6. The number of carboxylic acid groups (broad SMARTS) is 1. The maximum atomic E-state index is 11.7. The standard InChI is InChI=1S/C13H22N2O3/c16-12(17)9-5-7-11(8-6-9)15-13(18)14-10-3-1-2-4-10/h9-11H,1-8H2,(H,16,17)(H2,14,15,18). The zero-order chi connectivity index (χ0) is 13.0. The van der Waals surface area contributed by atoms with Crippen molar-refractivity contribution in [3.63, 3.8) is 0 Å². The van der Waals surface area contributed by atoms with Gasteiger partial charge in [-0.05, 0) is 38.5 Å². The topological polar surface area (TPSA) is 78.4 Å². The molecule has 2 saturated carbocycles. The molecule has 5 nitrogen and oxygen atoms in total. The van der Waals surface area contributed by atoms with E-state index in [0.29, 0.717) is 18.9 Å². The number of rotatable bonds is 3. The third-order valence-electron chi connectivity index (χ3n) is 4.10. The minimum atomic E-state index is -0.705. The Hall–Kier alpha value is -1.26. The van der Waals surface area contributed by atoms with Crippen molar-refractivity contribution in [2.24, 2.45) is 5.92 Å². The highest BCUT2D eigenvalue weighted by Gasteiger charge is 2.27. The molecule has 5 heteroatoms. The molecule has 0 heterocycles. The minimum absolute atomic E-state index is 0.0827. The van der Waals surface area contributed by atoms with Gasteiger partial charge >= 0.3 is 12.0 Å². The minimum Gasteiger partial charge on any atom is -0.481 e. The lowest BCUT2D eigenvalue weighted by molar-refractivity contribution is -0.142. The fraction of sp³-hybridized carbons (Fsp3) is 0.846. The van der Waals surface area contributed by atoms with Crippen LogP contribution in [0.25, 0.3) is 0 Å². The molecule has 0 atom stereocenters. The second kappa shape index (κ2) is 6.07. The van der Waals surface area contributed by atoms with Crippen LogP contribution >= 0.6 is 0 Å². The Labute approximate surface area is 107 Å². The normalized spacial score (nSPS) is 28.9. The molecule has 18 heavy (non-hydrogen) atoms. The van der Waals surface area contributed by atoms with Crippen LogP contribution in [0.4, 0.5) is 4.79 Å². The molecule has 3 N–H and O–H groups in total. The molecule has 2 fully saturated rings. The van der Waals surface area contributed by atoms with Crippen LogP contribution in [0.3, 0.4) is 0 Å². The summed E-state index contributed by atoms with van der Waals surface area (Å²) < 4.78 is 0. The molecule has 0 radical (unpaired) electrons. The van der Waals surface area contributed by atoms with Gasteiger partial charge in [0.1, 0.15) is 0 Å². The van der Waals surface area contributed by atoms with Gasteiger partial charge in [-0.1, -0.05) is 12.8 Å². The Morgan fingerprint density at radius 3 is 1.83 bits per heavy atom. The first-order valence-electron chi connectivity index (χ1n) is 6.95. The molecule has 102 valence electrons. The molecule has 0 spiro atoms. The van der Waals surface area contributed by atoms with Gasteiger partial charge in [0.15, 0.2) is 0 Å². The Morgan fingerprint density at radius 1 is 0.833 bits per heavy atom. The molecule has 2 aliphatic carbocycles. The molecule has 0 saturated heterocycles. The van der Waals surface area contributed by atoms with Crippen LogP contribution in [-0.4, -0.2) is 29.2 Å². The van der Waals surface area contributed by atoms with E-state index in [1.807, 2.05) is 0 Å². The molecule has 0 aromatic carbocycles. The number of urea groups is 1. The van der Waals surface area contributed by atoms with Crippen molar-refractivity contribution in [3.05, 3.63) is 0 Å². The zero-order valence-corrected chi connectivity index (χ0v) is 10.7. The van der Waals surface area contributed by atoms with E-state index in [9.17, 15) is 9.59 Å². The lowest BCUT2D eigenvalue weighted by Gasteiger charge is -2.27. The number of amides is 2. The molecule has 2 amide bonds. The van der Waals surface area contributed by atoms with Crippen molar-refractivity contribution in [1.82, 2.24) is 10.6 Å². The second-order valence-electron chi connectivity index (χ2n) is 5.49. The first-order valence-corrected chi connectivity index (χ1v) is 6.95. The molecule has 0 bridgehead atoms. The van der Waals surface area contributed by atoms with Crippen molar-refractivity contribution in [2.75, 3.05) is 0 Å². The average Bonchev–Trinajstić information content (AvgIpc) is 2.82. The fourth-order valence-corrected chi connectivity index (χ4v) is 2.97. The predicted octanol–water partition coefficient (Wildman–Crippen LogP) is 1.87. The predicted molar refractivity (Wildman–Crippen MR) is 67.3 cm³/mol. The summed E-state index contributed by atoms with van der Waals surface area (Å²) in [6.07, 6.45) is 7.46. The maximum absolute atomic E-state index is 11.7. The summed E-state index contributed by atoms with van der Waals surface area (Å²) >= 11 is 0. The van der Waals surface area contributed by atoms with Gasteiger partial charge in [0.25, 0.3) is 0 Å². The maximum Gasteiger partial charge on any atom is 0.315 e. The van der Waals surface area contributed by atoms with Crippen LogP contribution in [-0.2, 0) is 4.79 Å². The van der Waals surface area contributed by atoms with Gasteiger partial charge in [0, 0.05) is 12.1 Å². The average molecular weight is 254 g/mol. The summed E-state index contributed by atoms with van der Waals surface area (Å²) in [6, 6.07) is 0.392. The summed E-state index contributed by atoms with van der Waals surface area (Å²) in [5.74, 6) is -0.926. The van der Waals surface area contributed by atoms with Crippen molar-refractivity contribution < 1.29 is 14.7 Å². The summed E-state index contributed by atoms with van der Waals surface area (Å²) in [6.45, 7) is 0. The van der Waals surface area contributed by atoms with Crippen LogP contribution < -0.4 is 10.6 Å². The number of carboxylic acids is 1. The summed E-state index contributed by atoms with van der Waals surface area (Å²) in [7, 11) is 0. The lowest BCUT2D eigenvalue weighted by Crippen LogP contribution is -2.46. The summed E-state index contributed by atoms with van der Waals surface area (Å²) in [5.41, 5.74) is 0. The van der Waals surface area contributed by atoms with E-state index in [0.717, 1.165) is 25.7 Å². The monoisotopic (exact) mass is 254 g/mol. The van der Waals surface area contributed by atoms with Gasteiger partial charge in [-0.25, -0.2) is 4.79 Å². The SMILES string of the molecule is O=C(NC1CCCC1)NC1CCC(C(=O)O)CC1. The molecule has 0 unspecified atom stereocenters. The van der Waals surface area contributed by atoms with Crippen molar-refractivity contribution in [2.45, 2.75) is 63.5 Å².